The van der Waals surface area contributed by atoms with Crippen LogP contribution in [0.1, 0.15) is 18.4 Å². The molecular formula is C20H28ClN5O4. The van der Waals surface area contributed by atoms with E-state index in [0.29, 0.717) is 56.1 Å². The lowest BCUT2D eigenvalue weighted by molar-refractivity contribution is -0.141. The molecule has 0 spiro atoms. The van der Waals surface area contributed by atoms with E-state index < -0.39 is 0 Å². The zero-order valence-corrected chi connectivity index (χ0v) is 18.3. The second kappa shape index (κ2) is 9.09. The van der Waals surface area contributed by atoms with Crippen molar-refractivity contribution in [1.29, 1.82) is 0 Å². The lowest BCUT2D eigenvalue weighted by Crippen LogP contribution is -2.51. The van der Waals surface area contributed by atoms with Crippen LogP contribution >= 0.6 is 12.4 Å². The van der Waals surface area contributed by atoms with Crippen molar-refractivity contribution in [2.45, 2.75) is 25.9 Å². The number of amides is 1. The van der Waals surface area contributed by atoms with Gasteiger partial charge in [-0.25, -0.2) is 4.98 Å². The van der Waals surface area contributed by atoms with Crippen molar-refractivity contribution in [2.24, 2.45) is 0 Å². The monoisotopic (exact) mass is 437 g/mol. The maximum atomic E-state index is 12.6. The highest BCUT2D eigenvalue weighted by Gasteiger charge is 2.31. The van der Waals surface area contributed by atoms with Gasteiger partial charge < -0.3 is 29.7 Å². The van der Waals surface area contributed by atoms with Gasteiger partial charge in [0, 0.05) is 43.7 Å². The number of nitrogens with two attached hydrogens (primary N) is 1. The third kappa shape index (κ3) is 3.91. The summed E-state index contributed by atoms with van der Waals surface area (Å²) in [4.78, 5) is 25.8. The van der Waals surface area contributed by atoms with Crippen molar-refractivity contribution in [3.05, 3.63) is 11.6 Å². The summed E-state index contributed by atoms with van der Waals surface area (Å²) in [5.41, 5.74) is 7.84. The van der Waals surface area contributed by atoms with Crippen LogP contribution in [0.2, 0.25) is 0 Å². The number of hydrogen-bond acceptors (Lipinski definition) is 8. The van der Waals surface area contributed by atoms with Gasteiger partial charge in [0.15, 0.2) is 11.5 Å². The van der Waals surface area contributed by atoms with Gasteiger partial charge in [-0.1, -0.05) is 0 Å². The number of methoxy groups -OCH3 is 2. The summed E-state index contributed by atoms with van der Waals surface area (Å²) in [6.07, 6.45) is 1.49. The van der Waals surface area contributed by atoms with E-state index in [9.17, 15) is 4.79 Å². The number of carbonyl (C=O) groups is 1. The Labute approximate surface area is 181 Å². The molecular weight excluding hydrogens is 410 g/mol. The van der Waals surface area contributed by atoms with Gasteiger partial charge in [-0.3, -0.25) is 4.79 Å². The molecule has 2 aliphatic heterocycles. The highest BCUT2D eigenvalue weighted by atomic mass is 35.5. The maximum absolute atomic E-state index is 12.6. The van der Waals surface area contributed by atoms with Crippen molar-refractivity contribution in [3.8, 4) is 11.5 Å². The van der Waals surface area contributed by atoms with Crippen molar-refractivity contribution < 1.29 is 19.0 Å². The summed E-state index contributed by atoms with van der Waals surface area (Å²) in [7, 11) is 3.19. The molecule has 0 radical (unpaired) electrons. The minimum Gasteiger partial charge on any atom is -0.493 e. The first-order chi connectivity index (χ1) is 14.0. The standard InChI is InChI=1S/C20H27N5O4.ClH/c1-12-16-13(11-15(27-2)17(12)28-3)18(21)23-20(22-16)25-8-6-24(7-9-25)19(26)14-5-4-10-29-14;/h11,14H,4-10H2,1-3H3,(H2,21,22,23);1H. The van der Waals surface area contributed by atoms with Crippen LogP contribution in [0.3, 0.4) is 0 Å². The number of nitrogen functional groups attached to an aromatic ring is 1. The van der Waals surface area contributed by atoms with E-state index in [1.165, 1.54) is 0 Å². The van der Waals surface area contributed by atoms with Gasteiger partial charge in [-0.05, 0) is 25.8 Å². The van der Waals surface area contributed by atoms with E-state index in [2.05, 4.69) is 9.88 Å². The van der Waals surface area contributed by atoms with E-state index in [-0.39, 0.29) is 24.4 Å². The number of nitrogens with zero attached hydrogens (tertiary/aromatic N) is 4. The smallest absolute Gasteiger partial charge is 0.251 e. The molecule has 164 valence electrons. The Morgan fingerprint density at radius 2 is 1.93 bits per heavy atom. The van der Waals surface area contributed by atoms with E-state index >= 15 is 0 Å². The fraction of sp³-hybridized carbons (Fsp3) is 0.550. The second-order valence-electron chi connectivity index (χ2n) is 7.36. The number of anilines is 2. The van der Waals surface area contributed by atoms with Gasteiger partial charge in [0.1, 0.15) is 11.9 Å². The summed E-state index contributed by atoms with van der Waals surface area (Å²) < 4.78 is 16.4. The number of carbonyl (C=O) groups excluding carboxylic acids is 1. The molecule has 9 nitrogen and oxygen atoms in total. The Hall–Kier alpha value is -2.52. The Bertz CT molecular complexity index is 927. The molecule has 0 aliphatic carbocycles. The molecule has 30 heavy (non-hydrogen) atoms. The molecule has 2 N–H and O–H groups in total. The average Bonchev–Trinajstić information content (AvgIpc) is 3.28. The Balaban J connectivity index is 0.00000256. The third-order valence-corrected chi connectivity index (χ3v) is 5.66. The van der Waals surface area contributed by atoms with E-state index in [1.54, 1.807) is 20.3 Å². The largest absolute Gasteiger partial charge is 0.493 e. The Morgan fingerprint density at radius 3 is 2.53 bits per heavy atom. The van der Waals surface area contributed by atoms with Gasteiger partial charge in [-0.15, -0.1) is 12.4 Å². The first-order valence-electron chi connectivity index (χ1n) is 9.87. The quantitative estimate of drug-likeness (QED) is 0.772. The molecule has 0 bridgehead atoms. The van der Waals surface area contributed by atoms with Crippen LogP contribution in [0.15, 0.2) is 6.07 Å². The fourth-order valence-electron chi connectivity index (χ4n) is 4.04. The number of hydrogen-bond donors (Lipinski definition) is 1. The molecule has 1 amide bonds. The molecule has 2 aliphatic rings. The van der Waals surface area contributed by atoms with Gasteiger partial charge in [-0.2, -0.15) is 4.98 Å². The summed E-state index contributed by atoms with van der Waals surface area (Å²) >= 11 is 0. The number of halogens is 1. The first-order valence-corrected chi connectivity index (χ1v) is 9.87. The topological polar surface area (TPSA) is 103 Å². The molecule has 4 rings (SSSR count). The molecule has 2 saturated heterocycles. The van der Waals surface area contributed by atoms with Crippen LogP contribution in [0, 0.1) is 6.92 Å². The number of piperazine rings is 1. The first kappa shape index (κ1) is 22.2. The molecule has 1 aromatic carbocycles. The SMILES string of the molecule is COc1cc2c(N)nc(N3CCN(C(=O)C4CCCO4)CC3)nc2c(C)c1OC.Cl. The van der Waals surface area contributed by atoms with Crippen LogP contribution < -0.4 is 20.1 Å². The summed E-state index contributed by atoms with van der Waals surface area (Å²) in [5.74, 6) is 2.29. The summed E-state index contributed by atoms with van der Waals surface area (Å²) in [6.45, 7) is 5.13. The molecule has 1 unspecified atom stereocenters. The van der Waals surface area contributed by atoms with Crippen LogP contribution in [-0.2, 0) is 9.53 Å². The average molecular weight is 438 g/mol. The van der Waals surface area contributed by atoms with E-state index in [0.717, 1.165) is 29.3 Å². The van der Waals surface area contributed by atoms with Gasteiger partial charge in [0.05, 0.1) is 19.7 Å². The predicted molar refractivity (Wildman–Crippen MR) is 117 cm³/mol. The van der Waals surface area contributed by atoms with Gasteiger partial charge in [0.2, 0.25) is 5.95 Å². The number of rotatable bonds is 4. The number of aryl methyl sites for hydroxylation is 1. The predicted octanol–water partition coefficient (Wildman–Crippen LogP) is 1.79. The molecule has 1 atom stereocenters. The minimum absolute atomic E-state index is 0. The normalized spacial score (nSPS) is 19.0. The molecule has 2 aromatic rings. The minimum atomic E-state index is -0.279. The van der Waals surface area contributed by atoms with E-state index in [4.69, 9.17) is 24.9 Å². The van der Waals surface area contributed by atoms with Gasteiger partial charge in [0.25, 0.3) is 5.91 Å². The van der Waals surface area contributed by atoms with E-state index in [1.807, 2.05) is 11.8 Å². The van der Waals surface area contributed by atoms with Crippen molar-refractivity contribution in [3.63, 3.8) is 0 Å². The molecule has 3 heterocycles. The summed E-state index contributed by atoms with van der Waals surface area (Å²) in [5, 5.41) is 0.732. The lowest BCUT2D eigenvalue weighted by atomic mass is 10.1. The van der Waals surface area contributed by atoms with Crippen molar-refractivity contribution in [2.75, 3.05) is 57.6 Å². The van der Waals surface area contributed by atoms with Crippen LogP contribution in [-0.4, -0.2) is 73.9 Å². The summed E-state index contributed by atoms with van der Waals surface area (Å²) in [6, 6.07) is 1.80. The van der Waals surface area contributed by atoms with Crippen LogP contribution in [0.5, 0.6) is 11.5 Å². The number of fused-ring (bicyclic) bond motifs is 1. The molecule has 2 fully saturated rings. The fourth-order valence-corrected chi connectivity index (χ4v) is 4.04. The molecule has 1 aromatic heterocycles. The second-order valence-corrected chi connectivity index (χ2v) is 7.36. The zero-order valence-electron chi connectivity index (χ0n) is 17.5. The van der Waals surface area contributed by atoms with Crippen LogP contribution in [0.25, 0.3) is 10.9 Å². The van der Waals surface area contributed by atoms with Crippen molar-refractivity contribution in [1.82, 2.24) is 14.9 Å². The highest BCUT2D eigenvalue weighted by molar-refractivity contribution is 5.94. The Morgan fingerprint density at radius 1 is 1.20 bits per heavy atom. The highest BCUT2D eigenvalue weighted by Crippen LogP contribution is 2.38. The van der Waals surface area contributed by atoms with Crippen LogP contribution in [0.4, 0.5) is 11.8 Å². The number of benzene rings is 1. The lowest BCUT2D eigenvalue weighted by Gasteiger charge is -2.35. The zero-order chi connectivity index (χ0) is 20.5. The molecule has 0 saturated carbocycles. The number of ether oxygens (including phenoxy) is 3. The third-order valence-electron chi connectivity index (χ3n) is 5.66. The maximum Gasteiger partial charge on any atom is 0.251 e. The molecule has 10 heteroatoms. The van der Waals surface area contributed by atoms with Gasteiger partial charge >= 0.3 is 0 Å². The Kier molecular flexibility index (Phi) is 6.72. The number of aromatic nitrogens is 2. The van der Waals surface area contributed by atoms with Crippen molar-refractivity contribution >= 4 is 41.0 Å².